The van der Waals surface area contributed by atoms with Crippen molar-refractivity contribution in [3.05, 3.63) is 0 Å². The van der Waals surface area contributed by atoms with Gasteiger partial charge in [0.25, 0.3) is 0 Å². The lowest BCUT2D eigenvalue weighted by Crippen LogP contribution is -2.50. The Morgan fingerprint density at radius 1 is 1.17 bits per heavy atom. The fraction of sp³-hybridized carbons (Fsp3) is 0.812. The number of carbonyl (C=O) groups excluding carboxylic acids is 2. The molecule has 0 unspecified atom stereocenters. The van der Waals surface area contributed by atoms with Gasteiger partial charge in [-0.2, -0.15) is 0 Å². The molecule has 132 valence electrons. The number of aliphatic imine (C=N–C) groups is 1. The van der Waals surface area contributed by atoms with Crippen molar-refractivity contribution in [1.82, 2.24) is 20.9 Å². The number of guanidine groups is 1. The zero-order chi connectivity index (χ0) is 17.5. The number of hydrogen-bond donors (Lipinski definition) is 3. The molecule has 23 heavy (non-hydrogen) atoms. The van der Waals surface area contributed by atoms with Crippen molar-refractivity contribution in [3.8, 4) is 0 Å². The second-order valence-corrected chi connectivity index (χ2v) is 6.67. The molecule has 0 aromatic carbocycles. The van der Waals surface area contributed by atoms with Crippen LogP contribution in [0.5, 0.6) is 0 Å². The summed E-state index contributed by atoms with van der Waals surface area (Å²) in [6.07, 6.45) is 2.56. The second-order valence-electron chi connectivity index (χ2n) is 6.67. The second kappa shape index (κ2) is 8.74. The summed E-state index contributed by atoms with van der Waals surface area (Å²) in [6, 6.07) is 0. The average molecular weight is 325 g/mol. The fourth-order valence-electron chi connectivity index (χ4n) is 2.76. The first-order valence-corrected chi connectivity index (χ1v) is 8.22. The monoisotopic (exact) mass is 325 g/mol. The molecule has 7 heteroatoms. The van der Waals surface area contributed by atoms with Gasteiger partial charge in [-0.25, -0.2) is 0 Å². The minimum Gasteiger partial charge on any atom is -0.359 e. The van der Waals surface area contributed by atoms with Crippen molar-refractivity contribution in [1.29, 1.82) is 0 Å². The van der Waals surface area contributed by atoms with Crippen LogP contribution in [0.3, 0.4) is 0 Å². The number of amides is 2. The van der Waals surface area contributed by atoms with Crippen molar-refractivity contribution < 1.29 is 9.59 Å². The van der Waals surface area contributed by atoms with Gasteiger partial charge in [0, 0.05) is 47.2 Å². The normalized spacial score (nSPS) is 16.9. The van der Waals surface area contributed by atoms with E-state index in [0.717, 1.165) is 31.9 Å². The van der Waals surface area contributed by atoms with Gasteiger partial charge in [-0.1, -0.05) is 0 Å². The molecule has 1 fully saturated rings. The molecule has 0 atom stereocenters. The Morgan fingerprint density at radius 2 is 1.78 bits per heavy atom. The molecule has 3 N–H and O–H groups in total. The van der Waals surface area contributed by atoms with Gasteiger partial charge in [0.1, 0.15) is 0 Å². The molecule has 0 aromatic rings. The Morgan fingerprint density at radius 3 is 2.26 bits per heavy atom. The number of carbonyl (C=O) groups is 2. The van der Waals surface area contributed by atoms with E-state index in [4.69, 9.17) is 0 Å². The molecule has 1 aliphatic rings. The number of nitrogens with one attached hydrogen (secondary N) is 3. The Bertz CT molecular complexity index is 440. The van der Waals surface area contributed by atoms with Gasteiger partial charge < -0.3 is 20.9 Å². The summed E-state index contributed by atoms with van der Waals surface area (Å²) in [5.74, 6) is 1.37. The van der Waals surface area contributed by atoms with E-state index in [-0.39, 0.29) is 11.8 Å². The molecule has 0 aliphatic carbocycles. The highest BCUT2D eigenvalue weighted by atomic mass is 16.2. The van der Waals surface area contributed by atoms with E-state index in [1.165, 1.54) is 0 Å². The first kappa shape index (κ1) is 19.3. The lowest BCUT2D eigenvalue weighted by Gasteiger charge is -2.35. The minimum absolute atomic E-state index is 0.00439. The highest BCUT2D eigenvalue weighted by Crippen LogP contribution is 2.21. The van der Waals surface area contributed by atoms with Crippen LogP contribution < -0.4 is 16.0 Å². The van der Waals surface area contributed by atoms with Crippen molar-refractivity contribution in [2.75, 3.05) is 40.8 Å². The van der Waals surface area contributed by atoms with E-state index in [1.807, 2.05) is 13.8 Å². The first-order chi connectivity index (χ1) is 10.8. The Kier molecular flexibility index (Phi) is 7.32. The zero-order valence-corrected chi connectivity index (χ0v) is 15.0. The number of nitrogens with zero attached hydrogens (tertiary/aromatic N) is 2. The molecule has 1 heterocycles. The summed E-state index contributed by atoms with van der Waals surface area (Å²) in [5, 5.41) is 8.67. The SMILES string of the molecule is CN=C(NCC(C)(C)C(=O)NC)N1CCC(CC(=O)NC)CC1. The number of hydrogen-bond acceptors (Lipinski definition) is 3. The molecule has 1 saturated heterocycles. The van der Waals surface area contributed by atoms with Gasteiger partial charge in [0.2, 0.25) is 11.8 Å². The van der Waals surface area contributed by atoms with E-state index in [1.54, 1.807) is 21.1 Å². The maximum absolute atomic E-state index is 11.8. The molecular formula is C16H31N5O2. The minimum atomic E-state index is -0.498. The fourth-order valence-corrected chi connectivity index (χ4v) is 2.76. The standard InChI is InChI=1S/C16H31N5O2/c1-16(2,14(23)18-4)11-20-15(19-5)21-8-6-12(7-9-21)10-13(22)17-3/h12H,6-11H2,1-5H3,(H,17,22)(H,18,23)(H,19,20). The quantitative estimate of drug-likeness (QED) is 0.497. The number of likely N-dealkylation sites (tertiary alicyclic amines) is 1. The van der Waals surface area contributed by atoms with Gasteiger partial charge in [0.05, 0.1) is 5.41 Å². The van der Waals surface area contributed by atoms with Crippen LogP contribution in [-0.2, 0) is 9.59 Å². The summed E-state index contributed by atoms with van der Waals surface area (Å²) < 4.78 is 0. The third-order valence-corrected chi connectivity index (χ3v) is 4.41. The zero-order valence-electron chi connectivity index (χ0n) is 15.0. The van der Waals surface area contributed by atoms with E-state index in [9.17, 15) is 9.59 Å². The molecule has 1 aliphatic heterocycles. The molecule has 0 aromatic heterocycles. The van der Waals surface area contributed by atoms with Gasteiger partial charge in [-0.15, -0.1) is 0 Å². The van der Waals surface area contributed by atoms with Gasteiger partial charge in [0.15, 0.2) is 5.96 Å². The van der Waals surface area contributed by atoms with E-state index < -0.39 is 5.41 Å². The topological polar surface area (TPSA) is 85.8 Å². The predicted octanol–water partition coefficient (Wildman–Crippen LogP) is 0.182. The molecule has 0 radical (unpaired) electrons. The van der Waals surface area contributed by atoms with Crippen LogP contribution in [0.1, 0.15) is 33.1 Å². The van der Waals surface area contributed by atoms with Gasteiger partial charge >= 0.3 is 0 Å². The van der Waals surface area contributed by atoms with E-state index >= 15 is 0 Å². The summed E-state index contributed by atoms with van der Waals surface area (Å²) in [7, 11) is 5.08. The smallest absolute Gasteiger partial charge is 0.227 e. The molecule has 0 spiro atoms. The van der Waals surface area contributed by atoms with Gasteiger partial charge in [-0.05, 0) is 32.6 Å². The van der Waals surface area contributed by atoms with Crippen LogP contribution in [0.2, 0.25) is 0 Å². The maximum atomic E-state index is 11.8. The summed E-state index contributed by atoms with van der Waals surface area (Å²) in [6.45, 7) is 6.09. The van der Waals surface area contributed by atoms with Crippen molar-refractivity contribution in [3.63, 3.8) is 0 Å². The van der Waals surface area contributed by atoms with Gasteiger partial charge in [-0.3, -0.25) is 14.6 Å². The largest absolute Gasteiger partial charge is 0.359 e. The summed E-state index contributed by atoms with van der Waals surface area (Å²) in [5.41, 5.74) is -0.498. The Balaban J connectivity index is 2.49. The number of rotatable bonds is 5. The Hall–Kier alpha value is -1.79. The molecule has 7 nitrogen and oxygen atoms in total. The molecule has 2 amide bonds. The van der Waals surface area contributed by atoms with E-state index in [2.05, 4.69) is 25.8 Å². The molecule has 0 saturated carbocycles. The molecular weight excluding hydrogens is 294 g/mol. The number of piperidine rings is 1. The van der Waals surface area contributed by atoms with Crippen LogP contribution in [0, 0.1) is 11.3 Å². The van der Waals surface area contributed by atoms with Crippen LogP contribution in [0.25, 0.3) is 0 Å². The summed E-state index contributed by atoms with van der Waals surface area (Å²) >= 11 is 0. The lowest BCUT2D eigenvalue weighted by molar-refractivity contribution is -0.128. The van der Waals surface area contributed by atoms with Crippen LogP contribution in [0.4, 0.5) is 0 Å². The summed E-state index contributed by atoms with van der Waals surface area (Å²) in [4.78, 5) is 29.8. The van der Waals surface area contributed by atoms with Crippen LogP contribution in [-0.4, -0.2) is 63.5 Å². The van der Waals surface area contributed by atoms with Crippen molar-refractivity contribution >= 4 is 17.8 Å². The Labute approximate surface area is 139 Å². The lowest BCUT2D eigenvalue weighted by atomic mass is 9.92. The third-order valence-electron chi connectivity index (χ3n) is 4.41. The van der Waals surface area contributed by atoms with Crippen molar-refractivity contribution in [2.45, 2.75) is 33.1 Å². The molecule has 0 bridgehead atoms. The highest BCUT2D eigenvalue weighted by molar-refractivity contribution is 5.84. The predicted molar refractivity (Wildman–Crippen MR) is 92.2 cm³/mol. The average Bonchev–Trinajstić information content (AvgIpc) is 2.55. The molecule has 1 rings (SSSR count). The maximum Gasteiger partial charge on any atom is 0.227 e. The van der Waals surface area contributed by atoms with Crippen LogP contribution >= 0.6 is 0 Å². The van der Waals surface area contributed by atoms with Crippen molar-refractivity contribution in [2.24, 2.45) is 16.3 Å². The highest BCUT2D eigenvalue weighted by Gasteiger charge is 2.28. The third kappa shape index (κ3) is 5.73. The van der Waals surface area contributed by atoms with E-state index in [0.29, 0.717) is 18.9 Å². The van der Waals surface area contributed by atoms with Crippen LogP contribution in [0.15, 0.2) is 4.99 Å². The first-order valence-electron chi connectivity index (χ1n) is 8.22.